The highest BCUT2D eigenvalue weighted by Crippen LogP contribution is 2.12. The quantitative estimate of drug-likeness (QED) is 0.553. The van der Waals surface area contributed by atoms with Gasteiger partial charge in [-0.1, -0.05) is 54.6 Å². The predicted octanol–water partition coefficient (Wildman–Crippen LogP) is 4.15. The van der Waals surface area contributed by atoms with Crippen LogP contribution in [-0.2, 0) is 9.47 Å². The van der Waals surface area contributed by atoms with E-state index in [1.165, 1.54) is 0 Å². The highest BCUT2D eigenvalue weighted by molar-refractivity contribution is 5.90. The van der Waals surface area contributed by atoms with Crippen LogP contribution in [0.25, 0.3) is 0 Å². The molecule has 0 amide bonds. The van der Waals surface area contributed by atoms with E-state index in [0.717, 1.165) is 0 Å². The zero-order chi connectivity index (χ0) is 19.6. The highest BCUT2D eigenvalue weighted by atomic mass is 16.6. The summed E-state index contributed by atoms with van der Waals surface area (Å²) in [7, 11) is 0. The van der Waals surface area contributed by atoms with E-state index in [0.29, 0.717) is 16.9 Å². The van der Waals surface area contributed by atoms with Crippen LogP contribution in [0, 0.1) is 0 Å². The molecular formula is C23H20O5. The van der Waals surface area contributed by atoms with Gasteiger partial charge in [-0.25, -0.2) is 9.59 Å². The van der Waals surface area contributed by atoms with Gasteiger partial charge in [0.05, 0.1) is 11.1 Å². The lowest BCUT2D eigenvalue weighted by Gasteiger charge is -2.19. The van der Waals surface area contributed by atoms with Crippen molar-refractivity contribution >= 4 is 11.9 Å². The Morgan fingerprint density at radius 1 is 0.643 bits per heavy atom. The zero-order valence-corrected chi connectivity index (χ0v) is 15.2. The maximum absolute atomic E-state index is 12.4. The molecule has 5 heteroatoms. The SMILES string of the molecule is O=C(OCC(COc1ccccc1)OC(=O)c1ccccc1)c1ccccc1. The second-order valence-electron chi connectivity index (χ2n) is 5.98. The Morgan fingerprint density at radius 2 is 1.14 bits per heavy atom. The normalized spacial score (nSPS) is 11.3. The number of carbonyl (C=O) groups excluding carboxylic acids is 2. The summed E-state index contributed by atoms with van der Waals surface area (Å²) >= 11 is 0. The Kier molecular flexibility index (Phi) is 6.79. The molecule has 0 aliphatic heterocycles. The van der Waals surface area contributed by atoms with Crippen molar-refractivity contribution in [2.45, 2.75) is 6.10 Å². The van der Waals surface area contributed by atoms with Crippen molar-refractivity contribution in [1.29, 1.82) is 0 Å². The number of para-hydroxylation sites is 1. The fraction of sp³-hybridized carbons (Fsp3) is 0.130. The Morgan fingerprint density at radius 3 is 1.71 bits per heavy atom. The van der Waals surface area contributed by atoms with E-state index in [-0.39, 0.29) is 13.2 Å². The van der Waals surface area contributed by atoms with Gasteiger partial charge < -0.3 is 14.2 Å². The summed E-state index contributed by atoms with van der Waals surface area (Å²) in [5, 5.41) is 0. The third kappa shape index (κ3) is 5.71. The van der Waals surface area contributed by atoms with Gasteiger partial charge in [0.2, 0.25) is 0 Å². The van der Waals surface area contributed by atoms with Gasteiger partial charge in [-0.3, -0.25) is 0 Å². The molecule has 0 saturated heterocycles. The van der Waals surface area contributed by atoms with E-state index in [2.05, 4.69) is 0 Å². The molecule has 0 aliphatic rings. The molecule has 142 valence electrons. The summed E-state index contributed by atoms with van der Waals surface area (Å²) < 4.78 is 16.5. The second kappa shape index (κ2) is 9.92. The van der Waals surface area contributed by atoms with Crippen molar-refractivity contribution in [2.24, 2.45) is 0 Å². The van der Waals surface area contributed by atoms with E-state index in [9.17, 15) is 9.59 Å². The van der Waals surface area contributed by atoms with Gasteiger partial charge in [0.25, 0.3) is 0 Å². The number of hydrogen-bond donors (Lipinski definition) is 0. The molecule has 0 radical (unpaired) electrons. The van der Waals surface area contributed by atoms with E-state index in [1.807, 2.05) is 30.3 Å². The smallest absolute Gasteiger partial charge is 0.338 e. The molecule has 0 fully saturated rings. The van der Waals surface area contributed by atoms with E-state index >= 15 is 0 Å². The first-order chi connectivity index (χ1) is 13.7. The van der Waals surface area contributed by atoms with Gasteiger partial charge in [-0.2, -0.15) is 0 Å². The van der Waals surface area contributed by atoms with Crippen molar-refractivity contribution in [1.82, 2.24) is 0 Å². The Bertz CT molecular complexity index is 879. The molecular weight excluding hydrogens is 356 g/mol. The minimum atomic E-state index is -0.749. The third-order valence-corrected chi connectivity index (χ3v) is 3.87. The molecule has 0 N–H and O–H groups in total. The van der Waals surface area contributed by atoms with Crippen LogP contribution >= 0.6 is 0 Å². The minimum Gasteiger partial charge on any atom is -0.490 e. The fourth-order valence-corrected chi connectivity index (χ4v) is 2.44. The number of ether oxygens (including phenoxy) is 3. The molecule has 0 bridgehead atoms. The van der Waals surface area contributed by atoms with Crippen LogP contribution in [0.2, 0.25) is 0 Å². The molecule has 0 aromatic heterocycles. The first-order valence-corrected chi connectivity index (χ1v) is 8.88. The van der Waals surface area contributed by atoms with Crippen molar-refractivity contribution in [2.75, 3.05) is 13.2 Å². The molecule has 0 spiro atoms. The van der Waals surface area contributed by atoms with Crippen LogP contribution in [0.4, 0.5) is 0 Å². The summed E-state index contributed by atoms with van der Waals surface area (Å²) in [5.41, 5.74) is 0.848. The Hall–Kier alpha value is -3.60. The van der Waals surface area contributed by atoms with Crippen LogP contribution < -0.4 is 4.74 Å². The van der Waals surface area contributed by atoms with Gasteiger partial charge >= 0.3 is 11.9 Å². The number of benzene rings is 3. The van der Waals surface area contributed by atoms with Gasteiger partial charge in [-0.15, -0.1) is 0 Å². The average molecular weight is 376 g/mol. The van der Waals surface area contributed by atoms with Gasteiger partial charge in [0, 0.05) is 0 Å². The van der Waals surface area contributed by atoms with Gasteiger partial charge in [-0.05, 0) is 36.4 Å². The first-order valence-electron chi connectivity index (χ1n) is 8.88. The average Bonchev–Trinajstić information content (AvgIpc) is 2.77. The zero-order valence-electron chi connectivity index (χ0n) is 15.2. The summed E-state index contributed by atoms with van der Waals surface area (Å²) in [6, 6.07) is 26.4. The first kappa shape index (κ1) is 19.2. The van der Waals surface area contributed by atoms with Crippen molar-refractivity contribution in [3.63, 3.8) is 0 Å². The lowest BCUT2D eigenvalue weighted by Crippen LogP contribution is -2.31. The number of rotatable bonds is 8. The molecule has 0 aliphatic carbocycles. The van der Waals surface area contributed by atoms with Gasteiger partial charge in [0.15, 0.2) is 6.10 Å². The van der Waals surface area contributed by atoms with E-state index < -0.39 is 18.0 Å². The molecule has 3 rings (SSSR count). The van der Waals surface area contributed by atoms with Crippen molar-refractivity contribution < 1.29 is 23.8 Å². The summed E-state index contributed by atoms with van der Waals surface area (Å²) in [6.07, 6.45) is -0.749. The molecule has 5 nitrogen and oxygen atoms in total. The van der Waals surface area contributed by atoms with Crippen LogP contribution in [-0.4, -0.2) is 31.3 Å². The van der Waals surface area contributed by atoms with Crippen LogP contribution in [0.15, 0.2) is 91.0 Å². The Balaban J connectivity index is 1.63. The second-order valence-corrected chi connectivity index (χ2v) is 5.98. The van der Waals surface area contributed by atoms with Crippen molar-refractivity contribution in [3.05, 3.63) is 102 Å². The van der Waals surface area contributed by atoms with Crippen LogP contribution in [0.1, 0.15) is 20.7 Å². The number of hydrogen-bond acceptors (Lipinski definition) is 5. The van der Waals surface area contributed by atoms with Gasteiger partial charge in [0.1, 0.15) is 19.0 Å². The molecule has 28 heavy (non-hydrogen) atoms. The fourth-order valence-electron chi connectivity index (χ4n) is 2.44. The minimum absolute atomic E-state index is 0.0602. The molecule has 1 unspecified atom stereocenters. The molecule has 1 atom stereocenters. The molecule has 3 aromatic carbocycles. The number of carbonyl (C=O) groups is 2. The molecule has 3 aromatic rings. The highest BCUT2D eigenvalue weighted by Gasteiger charge is 2.19. The monoisotopic (exact) mass is 376 g/mol. The largest absolute Gasteiger partial charge is 0.490 e. The Labute approximate surface area is 163 Å². The number of esters is 2. The van der Waals surface area contributed by atoms with E-state index in [4.69, 9.17) is 14.2 Å². The summed E-state index contributed by atoms with van der Waals surface area (Å²) in [4.78, 5) is 24.5. The van der Waals surface area contributed by atoms with Crippen LogP contribution in [0.5, 0.6) is 5.75 Å². The third-order valence-electron chi connectivity index (χ3n) is 3.87. The topological polar surface area (TPSA) is 61.8 Å². The molecule has 0 heterocycles. The maximum Gasteiger partial charge on any atom is 0.338 e. The molecule has 0 saturated carbocycles. The predicted molar refractivity (Wildman–Crippen MR) is 104 cm³/mol. The maximum atomic E-state index is 12.4. The lowest BCUT2D eigenvalue weighted by atomic mass is 10.2. The lowest BCUT2D eigenvalue weighted by molar-refractivity contribution is -0.0135. The standard InChI is InChI=1S/C23H20O5/c24-22(18-10-4-1-5-11-18)27-17-21(16-26-20-14-8-3-9-15-20)28-23(25)19-12-6-2-7-13-19/h1-15,21H,16-17H2. The van der Waals surface area contributed by atoms with Crippen LogP contribution in [0.3, 0.4) is 0 Å². The van der Waals surface area contributed by atoms with Crippen molar-refractivity contribution in [3.8, 4) is 5.75 Å². The summed E-state index contributed by atoms with van der Waals surface area (Å²) in [5.74, 6) is -0.350. The van der Waals surface area contributed by atoms with E-state index in [1.54, 1.807) is 60.7 Å². The summed E-state index contributed by atoms with van der Waals surface area (Å²) in [6.45, 7) is -0.0518.